The first-order chi connectivity index (χ1) is 12.7. The fourth-order valence-corrected chi connectivity index (χ4v) is 4.28. The predicted molar refractivity (Wildman–Crippen MR) is 106 cm³/mol. The number of nitrogens with one attached hydrogen (secondary N) is 2. The van der Waals surface area contributed by atoms with E-state index >= 15 is 0 Å². The van der Waals surface area contributed by atoms with E-state index in [0.29, 0.717) is 16.5 Å². The van der Waals surface area contributed by atoms with Crippen molar-refractivity contribution in [1.82, 2.24) is 15.6 Å². The van der Waals surface area contributed by atoms with Gasteiger partial charge in [-0.3, -0.25) is 14.9 Å². The number of thioether (sulfide) groups is 1. The Hall–Kier alpha value is -2.09. The number of primary amides is 1. The van der Waals surface area contributed by atoms with Gasteiger partial charge in [-0.25, -0.2) is 9.78 Å². The summed E-state index contributed by atoms with van der Waals surface area (Å²) in [6.45, 7) is 7.64. The number of aryl methyl sites for hydroxylation is 1. The molecular weight excluding hydrogens is 364 g/mol. The fraction of sp³-hybridized carbons (Fsp3) is 0.579. The highest BCUT2D eigenvalue weighted by Gasteiger charge is 2.24. The van der Waals surface area contributed by atoms with E-state index in [9.17, 15) is 14.4 Å². The Morgan fingerprint density at radius 2 is 1.81 bits per heavy atom. The van der Waals surface area contributed by atoms with Crippen molar-refractivity contribution < 1.29 is 14.4 Å². The molecule has 2 rings (SSSR count). The van der Waals surface area contributed by atoms with Crippen LogP contribution in [0.1, 0.15) is 59.8 Å². The Morgan fingerprint density at radius 3 is 2.44 bits per heavy atom. The van der Waals surface area contributed by atoms with Crippen LogP contribution in [0.25, 0.3) is 0 Å². The van der Waals surface area contributed by atoms with Gasteiger partial charge in [0.2, 0.25) is 5.91 Å². The number of nitrogens with two attached hydrogens (primary N) is 1. The highest BCUT2D eigenvalue weighted by Crippen LogP contribution is 2.27. The summed E-state index contributed by atoms with van der Waals surface area (Å²) >= 11 is 1.11. The smallest absolute Gasteiger partial charge is 0.321 e. The van der Waals surface area contributed by atoms with Gasteiger partial charge in [0.1, 0.15) is 5.03 Å². The zero-order valence-electron chi connectivity index (χ0n) is 16.3. The number of hydrogen-bond acceptors (Lipinski definition) is 5. The third-order valence-corrected chi connectivity index (χ3v) is 6.21. The normalized spacial score (nSPS) is 19.4. The number of pyridine rings is 1. The van der Waals surface area contributed by atoms with E-state index in [4.69, 9.17) is 5.73 Å². The number of carbonyl (C=O) groups is 3. The molecule has 2 atom stereocenters. The summed E-state index contributed by atoms with van der Waals surface area (Å²) < 4.78 is 0. The van der Waals surface area contributed by atoms with E-state index in [1.165, 1.54) is 6.42 Å². The molecule has 27 heavy (non-hydrogen) atoms. The first-order valence-electron chi connectivity index (χ1n) is 9.21. The van der Waals surface area contributed by atoms with Crippen molar-refractivity contribution in [3.63, 3.8) is 0 Å². The Bertz CT molecular complexity index is 751. The van der Waals surface area contributed by atoms with Crippen LogP contribution in [0, 0.1) is 26.7 Å². The van der Waals surface area contributed by atoms with Crippen molar-refractivity contribution in [2.24, 2.45) is 11.7 Å². The van der Waals surface area contributed by atoms with E-state index in [2.05, 4.69) is 22.5 Å². The molecule has 8 heteroatoms. The number of carbonyl (C=O) groups excluding carboxylic acids is 3. The second-order valence-corrected chi connectivity index (χ2v) is 8.13. The Morgan fingerprint density at radius 1 is 1.15 bits per heavy atom. The zero-order valence-corrected chi connectivity index (χ0v) is 17.2. The summed E-state index contributed by atoms with van der Waals surface area (Å²) in [5.41, 5.74) is 8.26. The molecule has 0 radical (unpaired) electrons. The molecule has 1 aromatic heterocycles. The minimum Gasteiger partial charge on any atom is -0.366 e. The average Bonchev–Trinajstić information content (AvgIpc) is 2.59. The minimum atomic E-state index is -0.574. The molecule has 0 saturated heterocycles. The Labute approximate surface area is 164 Å². The third kappa shape index (κ3) is 5.45. The van der Waals surface area contributed by atoms with Crippen LogP contribution >= 0.6 is 11.8 Å². The van der Waals surface area contributed by atoms with E-state index in [1.54, 1.807) is 0 Å². The van der Waals surface area contributed by atoms with Gasteiger partial charge < -0.3 is 11.1 Å². The van der Waals surface area contributed by atoms with Gasteiger partial charge in [-0.15, -0.1) is 0 Å². The molecule has 0 bridgehead atoms. The van der Waals surface area contributed by atoms with Crippen LogP contribution in [-0.4, -0.2) is 34.6 Å². The summed E-state index contributed by atoms with van der Waals surface area (Å²) in [5.74, 6) is -0.623. The summed E-state index contributed by atoms with van der Waals surface area (Å²) in [7, 11) is 0. The molecule has 4 N–H and O–H groups in total. The molecule has 0 unspecified atom stereocenters. The number of urea groups is 1. The maximum absolute atomic E-state index is 12.1. The number of imide groups is 1. The quantitative estimate of drug-likeness (QED) is 0.667. The van der Waals surface area contributed by atoms with E-state index in [-0.39, 0.29) is 11.8 Å². The molecule has 7 nitrogen and oxygen atoms in total. The Kier molecular flexibility index (Phi) is 7.24. The fourth-order valence-electron chi connectivity index (χ4n) is 3.34. The lowest BCUT2D eigenvalue weighted by atomic mass is 9.86. The van der Waals surface area contributed by atoms with Gasteiger partial charge in [-0.2, -0.15) is 0 Å². The van der Waals surface area contributed by atoms with Crippen LogP contribution in [-0.2, 0) is 4.79 Å². The molecule has 0 spiro atoms. The van der Waals surface area contributed by atoms with Gasteiger partial charge in [0.15, 0.2) is 0 Å². The van der Waals surface area contributed by atoms with Crippen molar-refractivity contribution in [1.29, 1.82) is 0 Å². The van der Waals surface area contributed by atoms with Crippen molar-refractivity contribution in [2.75, 3.05) is 5.75 Å². The molecular formula is C19H28N4O3S. The van der Waals surface area contributed by atoms with Gasteiger partial charge in [-0.05, 0) is 50.7 Å². The zero-order chi connectivity index (χ0) is 20.1. The second kappa shape index (κ2) is 9.21. The minimum absolute atomic E-state index is 0.0249. The molecule has 0 aromatic carbocycles. The predicted octanol–water partition coefficient (Wildman–Crippen LogP) is 2.60. The van der Waals surface area contributed by atoms with Crippen LogP contribution in [0.4, 0.5) is 4.79 Å². The molecule has 1 aromatic rings. The number of hydrogen-bond donors (Lipinski definition) is 3. The van der Waals surface area contributed by atoms with E-state index in [1.807, 2.05) is 20.8 Å². The van der Waals surface area contributed by atoms with Crippen LogP contribution in [0.2, 0.25) is 0 Å². The van der Waals surface area contributed by atoms with Gasteiger partial charge in [0.05, 0.1) is 11.3 Å². The van der Waals surface area contributed by atoms with Crippen molar-refractivity contribution >= 4 is 29.6 Å². The molecule has 0 aliphatic heterocycles. The third-order valence-electron chi connectivity index (χ3n) is 5.23. The monoisotopic (exact) mass is 392 g/mol. The molecule has 1 aliphatic rings. The second-order valence-electron chi connectivity index (χ2n) is 7.17. The number of amides is 4. The standard InChI is InChI=1S/C19H28N4O3S/c1-10-7-5-6-8-14(10)22-19(26)23-15(24)9-27-18-16(17(20)25)12(3)11(2)13(4)21-18/h10,14H,5-9H2,1-4H3,(H2,20,25)(H2,22,23,24,26)/t10-,14-/m1/s1. The van der Waals surface area contributed by atoms with E-state index < -0.39 is 17.8 Å². The molecule has 1 aliphatic carbocycles. The molecule has 1 saturated carbocycles. The van der Waals surface area contributed by atoms with Crippen LogP contribution < -0.4 is 16.4 Å². The van der Waals surface area contributed by atoms with Crippen LogP contribution in [0.5, 0.6) is 0 Å². The van der Waals surface area contributed by atoms with Gasteiger partial charge in [0, 0.05) is 11.7 Å². The lowest BCUT2D eigenvalue weighted by Crippen LogP contribution is -2.48. The van der Waals surface area contributed by atoms with E-state index in [0.717, 1.165) is 47.8 Å². The maximum atomic E-state index is 12.1. The van der Waals surface area contributed by atoms with Crippen LogP contribution in [0.3, 0.4) is 0 Å². The number of rotatable bonds is 5. The lowest BCUT2D eigenvalue weighted by Gasteiger charge is -2.29. The topological polar surface area (TPSA) is 114 Å². The highest BCUT2D eigenvalue weighted by atomic mass is 32.2. The average molecular weight is 393 g/mol. The molecule has 1 heterocycles. The molecule has 4 amide bonds. The Balaban J connectivity index is 1.95. The summed E-state index contributed by atoms with van der Waals surface area (Å²) in [5, 5.41) is 5.65. The summed E-state index contributed by atoms with van der Waals surface area (Å²) in [6, 6.07) is -0.372. The van der Waals surface area contributed by atoms with Gasteiger partial charge >= 0.3 is 6.03 Å². The SMILES string of the molecule is Cc1nc(SCC(=O)NC(=O)N[C@@H]2CCCC[C@H]2C)c(C(N)=O)c(C)c1C. The first kappa shape index (κ1) is 21.2. The first-order valence-corrected chi connectivity index (χ1v) is 10.2. The van der Waals surface area contributed by atoms with Gasteiger partial charge in [-0.1, -0.05) is 31.5 Å². The lowest BCUT2D eigenvalue weighted by molar-refractivity contribution is -0.117. The van der Waals surface area contributed by atoms with Crippen molar-refractivity contribution in [3.8, 4) is 0 Å². The largest absolute Gasteiger partial charge is 0.366 e. The van der Waals surface area contributed by atoms with Crippen molar-refractivity contribution in [3.05, 3.63) is 22.4 Å². The molecule has 1 fully saturated rings. The summed E-state index contributed by atoms with van der Waals surface area (Å²) in [6.07, 6.45) is 4.29. The maximum Gasteiger partial charge on any atom is 0.321 e. The van der Waals surface area contributed by atoms with Crippen molar-refractivity contribution in [2.45, 2.75) is 64.4 Å². The van der Waals surface area contributed by atoms with Gasteiger partial charge in [0.25, 0.3) is 5.91 Å². The van der Waals surface area contributed by atoms with Crippen LogP contribution in [0.15, 0.2) is 5.03 Å². The highest BCUT2D eigenvalue weighted by molar-refractivity contribution is 8.00. The molecule has 148 valence electrons. The number of aromatic nitrogens is 1. The number of nitrogens with zero attached hydrogens (tertiary/aromatic N) is 1. The summed E-state index contributed by atoms with van der Waals surface area (Å²) in [4.78, 5) is 40.4.